The lowest BCUT2D eigenvalue weighted by Crippen LogP contribution is -2.08. The van der Waals surface area contributed by atoms with Crippen LogP contribution in [-0.4, -0.2) is 28.6 Å². The first-order chi connectivity index (χ1) is 13.3. The van der Waals surface area contributed by atoms with Crippen LogP contribution in [0.2, 0.25) is 0 Å². The molecular weight excluding hydrogens is 336 g/mol. The van der Waals surface area contributed by atoms with Crippen molar-refractivity contribution in [2.45, 2.75) is 6.42 Å². The van der Waals surface area contributed by atoms with Crippen molar-refractivity contribution in [1.29, 1.82) is 0 Å². The van der Waals surface area contributed by atoms with Crippen LogP contribution in [0, 0.1) is 0 Å². The fourth-order valence-electron chi connectivity index (χ4n) is 3.06. The Kier molecular flexibility index (Phi) is 4.92. The number of methoxy groups -OCH3 is 1. The monoisotopic (exact) mass is 356 g/mol. The summed E-state index contributed by atoms with van der Waals surface area (Å²) in [4.78, 5) is 13.6. The average Bonchev–Trinajstić information content (AvgIpc) is 2.74. The minimum Gasteiger partial charge on any atom is -0.496 e. The van der Waals surface area contributed by atoms with Gasteiger partial charge >= 0.3 is 0 Å². The first-order valence-corrected chi connectivity index (χ1v) is 8.88. The lowest BCUT2D eigenvalue weighted by atomic mass is 10.1. The number of rotatable bonds is 6. The highest BCUT2D eigenvalue weighted by Crippen LogP contribution is 2.25. The van der Waals surface area contributed by atoms with Gasteiger partial charge in [-0.1, -0.05) is 30.3 Å². The van der Waals surface area contributed by atoms with Gasteiger partial charge in [0, 0.05) is 29.9 Å². The van der Waals surface area contributed by atoms with Gasteiger partial charge in [0.05, 0.1) is 12.6 Å². The zero-order valence-electron chi connectivity index (χ0n) is 15.1. The number of fused-ring (bicyclic) bond motifs is 1. The molecule has 5 nitrogen and oxygen atoms in total. The molecule has 0 aliphatic carbocycles. The third kappa shape index (κ3) is 3.72. The molecule has 27 heavy (non-hydrogen) atoms. The van der Waals surface area contributed by atoms with Gasteiger partial charge in [-0.15, -0.1) is 0 Å². The number of benzene rings is 2. The summed E-state index contributed by atoms with van der Waals surface area (Å²) in [6, 6.07) is 20.0. The van der Waals surface area contributed by atoms with E-state index in [2.05, 4.69) is 21.4 Å². The quantitative estimate of drug-likeness (QED) is 0.556. The SMILES string of the molecule is COc1ccccc1CCNc1nc(-c2cccnc2)nc2ccccc12. The predicted molar refractivity (Wildman–Crippen MR) is 108 cm³/mol. The van der Waals surface area contributed by atoms with E-state index in [4.69, 9.17) is 9.72 Å². The van der Waals surface area contributed by atoms with Crippen LogP contribution < -0.4 is 10.1 Å². The number of ether oxygens (including phenoxy) is 1. The van der Waals surface area contributed by atoms with Crippen LogP contribution in [0.1, 0.15) is 5.56 Å². The van der Waals surface area contributed by atoms with Gasteiger partial charge in [0.15, 0.2) is 5.82 Å². The Morgan fingerprint density at radius 3 is 2.63 bits per heavy atom. The third-order valence-corrected chi connectivity index (χ3v) is 4.40. The normalized spacial score (nSPS) is 10.7. The highest BCUT2D eigenvalue weighted by molar-refractivity contribution is 5.90. The second-order valence-corrected chi connectivity index (χ2v) is 6.14. The van der Waals surface area contributed by atoms with E-state index in [1.165, 1.54) is 5.56 Å². The molecule has 0 bridgehead atoms. The highest BCUT2D eigenvalue weighted by atomic mass is 16.5. The average molecular weight is 356 g/mol. The summed E-state index contributed by atoms with van der Waals surface area (Å²) in [5, 5.41) is 4.48. The Hall–Kier alpha value is -3.47. The molecule has 0 amide bonds. The largest absolute Gasteiger partial charge is 0.496 e. The Morgan fingerprint density at radius 2 is 1.78 bits per heavy atom. The van der Waals surface area contributed by atoms with Gasteiger partial charge in [-0.2, -0.15) is 0 Å². The van der Waals surface area contributed by atoms with Crippen molar-refractivity contribution in [2.75, 3.05) is 19.0 Å². The Bertz CT molecular complexity index is 1050. The molecule has 2 heterocycles. The van der Waals surface area contributed by atoms with Crippen LogP contribution in [0.4, 0.5) is 5.82 Å². The summed E-state index contributed by atoms with van der Waals surface area (Å²) < 4.78 is 5.43. The summed E-state index contributed by atoms with van der Waals surface area (Å²) >= 11 is 0. The summed E-state index contributed by atoms with van der Waals surface area (Å²) in [7, 11) is 1.70. The molecule has 0 spiro atoms. The van der Waals surface area contributed by atoms with Gasteiger partial charge in [-0.05, 0) is 42.3 Å². The van der Waals surface area contributed by atoms with Crippen LogP contribution in [0.15, 0.2) is 73.1 Å². The fraction of sp³-hybridized carbons (Fsp3) is 0.136. The van der Waals surface area contributed by atoms with E-state index in [1.54, 1.807) is 19.5 Å². The van der Waals surface area contributed by atoms with Crippen molar-refractivity contribution < 1.29 is 4.74 Å². The van der Waals surface area contributed by atoms with Gasteiger partial charge < -0.3 is 10.1 Å². The molecule has 4 aromatic rings. The number of para-hydroxylation sites is 2. The maximum Gasteiger partial charge on any atom is 0.163 e. The predicted octanol–water partition coefficient (Wildman–Crippen LogP) is 4.36. The summed E-state index contributed by atoms with van der Waals surface area (Å²) in [6.45, 7) is 0.744. The molecule has 0 saturated heterocycles. The molecule has 0 aliphatic heterocycles. The van der Waals surface area contributed by atoms with Crippen LogP contribution in [0.5, 0.6) is 5.75 Å². The van der Waals surface area contributed by atoms with Crippen molar-refractivity contribution in [2.24, 2.45) is 0 Å². The summed E-state index contributed by atoms with van der Waals surface area (Å²) in [6.07, 6.45) is 4.37. The maximum absolute atomic E-state index is 5.43. The van der Waals surface area contributed by atoms with Gasteiger partial charge in [-0.3, -0.25) is 4.98 Å². The van der Waals surface area contributed by atoms with Crippen LogP contribution >= 0.6 is 0 Å². The zero-order chi connectivity index (χ0) is 18.5. The standard InChI is InChI=1S/C22H20N4O/c1-27-20-11-5-2-7-16(20)12-14-24-22-18-9-3-4-10-19(18)25-21(26-22)17-8-6-13-23-15-17/h2-11,13,15H,12,14H2,1H3,(H,24,25,26). The molecule has 0 fully saturated rings. The molecule has 0 radical (unpaired) electrons. The number of nitrogens with one attached hydrogen (secondary N) is 1. The van der Waals surface area contributed by atoms with Gasteiger partial charge in [0.25, 0.3) is 0 Å². The van der Waals surface area contributed by atoms with E-state index in [-0.39, 0.29) is 0 Å². The smallest absolute Gasteiger partial charge is 0.163 e. The number of hydrogen-bond donors (Lipinski definition) is 1. The van der Waals surface area contributed by atoms with E-state index in [0.29, 0.717) is 5.82 Å². The molecule has 0 atom stereocenters. The van der Waals surface area contributed by atoms with Crippen molar-refractivity contribution in [3.8, 4) is 17.1 Å². The minimum atomic E-state index is 0.668. The Balaban J connectivity index is 1.62. The first-order valence-electron chi connectivity index (χ1n) is 8.88. The van der Waals surface area contributed by atoms with Crippen LogP contribution in [0.3, 0.4) is 0 Å². The van der Waals surface area contributed by atoms with Crippen LogP contribution in [0.25, 0.3) is 22.3 Å². The Morgan fingerprint density at radius 1 is 0.926 bits per heavy atom. The number of hydrogen-bond acceptors (Lipinski definition) is 5. The van der Waals surface area contributed by atoms with Crippen LogP contribution in [-0.2, 0) is 6.42 Å². The molecule has 1 N–H and O–H groups in total. The summed E-state index contributed by atoms with van der Waals surface area (Å²) in [5.41, 5.74) is 2.97. The molecule has 0 unspecified atom stereocenters. The second kappa shape index (κ2) is 7.83. The summed E-state index contributed by atoms with van der Waals surface area (Å²) in [5.74, 6) is 2.40. The van der Waals surface area contributed by atoms with Crippen molar-refractivity contribution in [3.63, 3.8) is 0 Å². The zero-order valence-corrected chi connectivity index (χ0v) is 15.1. The van der Waals surface area contributed by atoms with E-state index in [1.807, 2.05) is 54.6 Å². The lowest BCUT2D eigenvalue weighted by Gasteiger charge is -2.12. The molecule has 5 heteroatoms. The molecule has 2 aromatic carbocycles. The molecule has 4 rings (SSSR count). The fourth-order valence-corrected chi connectivity index (χ4v) is 3.06. The molecule has 0 saturated carbocycles. The van der Waals surface area contributed by atoms with E-state index in [0.717, 1.165) is 41.0 Å². The van der Waals surface area contributed by atoms with Crippen molar-refractivity contribution in [3.05, 3.63) is 78.6 Å². The van der Waals surface area contributed by atoms with Gasteiger partial charge in [0.2, 0.25) is 0 Å². The molecule has 134 valence electrons. The van der Waals surface area contributed by atoms with Crippen molar-refractivity contribution in [1.82, 2.24) is 15.0 Å². The van der Waals surface area contributed by atoms with Gasteiger partial charge in [0.1, 0.15) is 11.6 Å². The van der Waals surface area contributed by atoms with E-state index in [9.17, 15) is 0 Å². The lowest BCUT2D eigenvalue weighted by molar-refractivity contribution is 0.410. The molecule has 2 aromatic heterocycles. The second-order valence-electron chi connectivity index (χ2n) is 6.14. The number of pyridine rings is 1. The Labute approximate surface area is 158 Å². The van der Waals surface area contributed by atoms with E-state index < -0.39 is 0 Å². The highest BCUT2D eigenvalue weighted by Gasteiger charge is 2.09. The molecule has 0 aliphatic rings. The van der Waals surface area contributed by atoms with E-state index >= 15 is 0 Å². The van der Waals surface area contributed by atoms with Gasteiger partial charge in [-0.25, -0.2) is 9.97 Å². The maximum atomic E-state index is 5.43. The van der Waals surface area contributed by atoms with Crippen molar-refractivity contribution >= 4 is 16.7 Å². The minimum absolute atomic E-state index is 0.668. The number of aromatic nitrogens is 3. The number of nitrogens with zero attached hydrogens (tertiary/aromatic N) is 3. The first kappa shape index (κ1) is 17.0. The molecular formula is C22H20N4O. The number of anilines is 1. The third-order valence-electron chi connectivity index (χ3n) is 4.40. The topological polar surface area (TPSA) is 59.9 Å².